The van der Waals surface area contributed by atoms with Crippen molar-refractivity contribution >= 4 is 39.8 Å². The average molecular weight is 253 g/mol. The van der Waals surface area contributed by atoms with Crippen molar-refractivity contribution in [2.45, 2.75) is 0 Å². The molecular formula is C5H4INOS. The predicted octanol–water partition coefficient (Wildman–Crippen LogP) is 1.45. The second-order valence-corrected chi connectivity index (χ2v) is 4.45. The summed E-state index contributed by atoms with van der Waals surface area (Å²) >= 11 is 3.55. The molecule has 0 aliphatic rings. The number of hydrogen-bond acceptors (Lipinski definition) is 2. The van der Waals surface area contributed by atoms with E-state index in [1.54, 1.807) is 6.07 Å². The normalized spacial score (nSPS) is 9.44. The number of primary amides is 1. The molecule has 2 nitrogen and oxygen atoms in total. The molecule has 0 aliphatic heterocycles. The van der Waals surface area contributed by atoms with E-state index in [2.05, 4.69) is 22.6 Å². The number of carbonyl (C=O) groups is 1. The topological polar surface area (TPSA) is 43.1 Å². The van der Waals surface area contributed by atoms with E-state index in [0.717, 1.165) is 2.88 Å². The lowest BCUT2D eigenvalue weighted by Crippen LogP contribution is -2.07. The first-order valence-electron chi connectivity index (χ1n) is 2.25. The van der Waals surface area contributed by atoms with Gasteiger partial charge >= 0.3 is 0 Å². The molecule has 0 saturated heterocycles. The molecule has 1 aromatic rings. The maximum Gasteiger partial charge on any atom is 0.258 e. The van der Waals surface area contributed by atoms with Crippen LogP contribution in [0.15, 0.2) is 12.1 Å². The van der Waals surface area contributed by atoms with E-state index in [9.17, 15) is 4.79 Å². The van der Waals surface area contributed by atoms with Gasteiger partial charge in [0.05, 0.1) is 7.76 Å². The van der Waals surface area contributed by atoms with Crippen LogP contribution in [0.1, 0.15) is 9.67 Å². The molecule has 1 amide bonds. The minimum atomic E-state index is -0.345. The van der Waals surface area contributed by atoms with Crippen LogP contribution in [0, 0.1) is 2.88 Å². The van der Waals surface area contributed by atoms with Crippen molar-refractivity contribution in [1.29, 1.82) is 0 Å². The standard InChI is InChI=1S/C5H4INOS/c6-4-2-1-3(9-4)5(7)8/h1-2H,(H2,7,8). The SMILES string of the molecule is NC(=O)c1ccc(I)s1. The summed E-state index contributed by atoms with van der Waals surface area (Å²) in [6, 6.07) is 3.60. The second-order valence-electron chi connectivity index (χ2n) is 1.47. The molecule has 0 saturated carbocycles. The maximum atomic E-state index is 10.4. The summed E-state index contributed by atoms with van der Waals surface area (Å²) in [7, 11) is 0. The van der Waals surface area contributed by atoms with E-state index in [4.69, 9.17) is 5.73 Å². The molecule has 1 rings (SSSR count). The van der Waals surface area contributed by atoms with Crippen molar-refractivity contribution in [3.05, 3.63) is 19.9 Å². The summed E-state index contributed by atoms with van der Waals surface area (Å²) in [5.41, 5.74) is 5.00. The van der Waals surface area contributed by atoms with Gasteiger partial charge in [-0.05, 0) is 34.7 Å². The third-order valence-electron chi connectivity index (χ3n) is 0.816. The van der Waals surface area contributed by atoms with E-state index in [1.165, 1.54) is 11.3 Å². The Balaban J connectivity index is 2.98. The summed E-state index contributed by atoms with van der Waals surface area (Å²) in [5.74, 6) is -0.345. The third-order valence-corrected chi connectivity index (χ3v) is 2.72. The number of hydrogen-bond donors (Lipinski definition) is 1. The highest BCUT2D eigenvalue weighted by atomic mass is 127. The number of halogens is 1. The molecule has 0 radical (unpaired) electrons. The molecule has 1 aromatic heterocycles. The van der Waals surface area contributed by atoms with Crippen molar-refractivity contribution in [3.8, 4) is 0 Å². The van der Waals surface area contributed by atoms with E-state index < -0.39 is 0 Å². The van der Waals surface area contributed by atoms with Crippen molar-refractivity contribution in [2.24, 2.45) is 5.73 Å². The van der Waals surface area contributed by atoms with Crippen LogP contribution in [0.3, 0.4) is 0 Å². The summed E-state index contributed by atoms with van der Waals surface area (Å²) in [4.78, 5) is 11.1. The lowest BCUT2D eigenvalue weighted by atomic mass is 10.5. The Morgan fingerprint density at radius 2 is 2.33 bits per heavy atom. The van der Waals surface area contributed by atoms with Crippen LogP contribution in [0.4, 0.5) is 0 Å². The maximum absolute atomic E-state index is 10.4. The minimum absolute atomic E-state index is 0.345. The van der Waals surface area contributed by atoms with Gasteiger partial charge in [-0.1, -0.05) is 0 Å². The van der Waals surface area contributed by atoms with Crippen LogP contribution < -0.4 is 5.73 Å². The van der Waals surface area contributed by atoms with Crippen LogP contribution >= 0.6 is 33.9 Å². The zero-order valence-corrected chi connectivity index (χ0v) is 7.40. The zero-order valence-electron chi connectivity index (χ0n) is 4.43. The first-order chi connectivity index (χ1) is 4.20. The smallest absolute Gasteiger partial charge is 0.258 e. The molecule has 2 N–H and O–H groups in total. The van der Waals surface area contributed by atoms with Crippen LogP contribution in [-0.4, -0.2) is 5.91 Å². The largest absolute Gasteiger partial charge is 0.365 e. The Kier molecular flexibility index (Phi) is 2.07. The molecule has 4 heteroatoms. The monoisotopic (exact) mass is 253 g/mol. The molecular weight excluding hydrogens is 249 g/mol. The van der Waals surface area contributed by atoms with Gasteiger partial charge in [0.15, 0.2) is 0 Å². The van der Waals surface area contributed by atoms with Gasteiger partial charge in [-0.25, -0.2) is 0 Å². The van der Waals surface area contributed by atoms with Crippen molar-refractivity contribution < 1.29 is 4.79 Å². The zero-order chi connectivity index (χ0) is 6.85. The number of nitrogens with two attached hydrogens (primary N) is 1. The molecule has 0 atom stereocenters. The highest BCUT2D eigenvalue weighted by molar-refractivity contribution is 14.1. The number of thiophene rings is 1. The Hall–Kier alpha value is -0.100. The van der Waals surface area contributed by atoms with Gasteiger partial charge in [0.25, 0.3) is 5.91 Å². The fourth-order valence-electron chi connectivity index (χ4n) is 0.447. The Labute approximate surface area is 70.2 Å². The molecule has 0 aromatic carbocycles. The Morgan fingerprint density at radius 1 is 1.67 bits per heavy atom. The molecule has 0 aliphatic carbocycles. The van der Waals surface area contributed by atoms with E-state index in [-0.39, 0.29) is 5.91 Å². The fraction of sp³-hybridized carbons (Fsp3) is 0. The number of carbonyl (C=O) groups excluding carboxylic acids is 1. The van der Waals surface area contributed by atoms with Crippen LogP contribution in [0.2, 0.25) is 0 Å². The van der Waals surface area contributed by atoms with Gasteiger partial charge < -0.3 is 5.73 Å². The summed E-state index contributed by atoms with van der Waals surface area (Å²) in [6.07, 6.45) is 0. The van der Waals surface area contributed by atoms with Gasteiger partial charge in [-0.15, -0.1) is 11.3 Å². The van der Waals surface area contributed by atoms with Crippen LogP contribution in [0.25, 0.3) is 0 Å². The van der Waals surface area contributed by atoms with Gasteiger partial charge in [0.2, 0.25) is 0 Å². The lowest BCUT2D eigenvalue weighted by molar-refractivity contribution is 0.100. The van der Waals surface area contributed by atoms with E-state index in [0.29, 0.717) is 4.88 Å². The van der Waals surface area contributed by atoms with Crippen LogP contribution in [-0.2, 0) is 0 Å². The first-order valence-corrected chi connectivity index (χ1v) is 4.15. The summed E-state index contributed by atoms with van der Waals surface area (Å²) in [5, 5.41) is 0. The third kappa shape index (κ3) is 1.65. The average Bonchev–Trinajstić information content (AvgIpc) is 2.14. The lowest BCUT2D eigenvalue weighted by Gasteiger charge is -1.81. The van der Waals surface area contributed by atoms with Gasteiger partial charge in [0, 0.05) is 0 Å². The minimum Gasteiger partial charge on any atom is -0.365 e. The van der Waals surface area contributed by atoms with Crippen molar-refractivity contribution in [3.63, 3.8) is 0 Å². The number of rotatable bonds is 1. The van der Waals surface area contributed by atoms with E-state index in [1.807, 2.05) is 6.07 Å². The Morgan fingerprint density at radius 3 is 2.56 bits per heavy atom. The summed E-state index contributed by atoms with van der Waals surface area (Å²) < 4.78 is 1.08. The second kappa shape index (κ2) is 2.66. The van der Waals surface area contributed by atoms with Crippen LogP contribution in [0.5, 0.6) is 0 Å². The Bertz CT molecular complexity index is 233. The van der Waals surface area contributed by atoms with Crippen molar-refractivity contribution in [1.82, 2.24) is 0 Å². The highest BCUT2D eigenvalue weighted by Gasteiger charge is 2.01. The molecule has 1 heterocycles. The highest BCUT2D eigenvalue weighted by Crippen LogP contribution is 2.16. The molecule has 0 unspecified atom stereocenters. The van der Waals surface area contributed by atoms with E-state index >= 15 is 0 Å². The molecule has 48 valence electrons. The van der Waals surface area contributed by atoms with Crippen molar-refractivity contribution in [2.75, 3.05) is 0 Å². The first kappa shape index (κ1) is 7.01. The molecule has 0 bridgehead atoms. The molecule has 0 fully saturated rings. The quantitative estimate of drug-likeness (QED) is 0.756. The predicted molar refractivity (Wildman–Crippen MR) is 45.6 cm³/mol. The van der Waals surface area contributed by atoms with Gasteiger partial charge in [-0.3, -0.25) is 4.79 Å². The fourth-order valence-corrected chi connectivity index (χ4v) is 1.92. The van der Waals surface area contributed by atoms with Gasteiger partial charge in [-0.2, -0.15) is 0 Å². The summed E-state index contributed by atoms with van der Waals surface area (Å²) in [6.45, 7) is 0. The number of amides is 1. The molecule has 9 heavy (non-hydrogen) atoms. The molecule has 0 spiro atoms. The van der Waals surface area contributed by atoms with Gasteiger partial charge in [0.1, 0.15) is 0 Å².